The van der Waals surface area contributed by atoms with E-state index in [9.17, 15) is 23.3 Å². The fourth-order valence-electron chi connectivity index (χ4n) is 11.1. The number of carbonyl (C=O) groups excluding carboxylic acids is 1. The first-order valence-corrected chi connectivity index (χ1v) is 25.1. The van der Waals surface area contributed by atoms with E-state index in [0.717, 1.165) is 81.8 Å². The number of aromatic nitrogens is 2. The van der Waals surface area contributed by atoms with E-state index < -0.39 is 25.7 Å². The number of amides is 1. The minimum Gasteiger partial charge on any atom is -0.478 e. The quantitative estimate of drug-likeness (QED) is 0.0715. The van der Waals surface area contributed by atoms with Gasteiger partial charge in [-0.25, -0.2) is 13.1 Å². The van der Waals surface area contributed by atoms with E-state index in [1.54, 1.807) is 24.4 Å². The molecule has 1 unspecified atom stereocenters. The van der Waals surface area contributed by atoms with Crippen LogP contribution in [0.1, 0.15) is 119 Å². The number of likely N-dealkylation sites (tertiary alicyclic amines) is 1. The van der Waals surface area contributed by atoms with E-state index >= 15 is 0 Å². The number of nitro benzene ring substituents is 1. The molecule has 1 amide bonds. The molecule has 2 aromatic heterocycles. The Morgan fingerprint density at radius 3 is 2.44 bits per heavy atom. The van der Waals surface area contributed by atoms with Crippen LogP contribution in [0.5, 0.6) is 17.4 Å². The van der Waals surface area contributed by atoms with Crippen LogP contribution < -0.4 is 24.4 Å². The molecule has 4 aliphatic rings. The molecule has 0 radical (unpaired) electrons. The molecule has 2 aliphatic heterocycles. The first-order valence-electron chi connectivity index (χ1n) is 23.6. The smallest absolute Gasteiger partial charge is 0.293 e. The van der Waals surface area contributed by atoms with Crippen LogP contribution in [0.2, 0.25) is 0 Å². The number of nitro groups is 1. The third-order valence-electron chi connectivity index (χ3n) is 15.1. The van der Waals surface area contributed by atoms with Crippen molar-refractivity contribution in [3.63, 3.8) is 0 Å². The second-order valence-corrected chi connectivity index (χ2v) is 22.0. The van der Waals surface area contributed by atoms with Crippen LogP contribution in [0.15, 0.2) is 83.9 Å². The average Bonchev–Trinajstić information content (AvgIpc) is 3.97. The zero-order valence-electron chi connectivity index (χ0n) is 38.8. The maximum Gasteiger partial charge on any atom is 0.293 e. The van der Waals surface area contributed by atoms with Crippen LogP contribution in [0, 0.1) is 26.9 Å². The summed E-state index contributed by atoms with van der Waals surface area (Å²) in [4.78, 5) is 38.0. The fraction of sp³-hybridized carbons (Fsp3) is 0.490. The van der Waals surface area contributed by atoms with E-state index in [2.05, 4.69) is 81.8 Å². The number of methoxy groups -OCH3 is 1. The highest BCUT2D eigenvalue weighted by Gasteiger charge is 2.49. The first kappa shape index (κ1) is 45.5. The van der Waals surface area contributed by atoms with Gasteiger partial charge in [0.15, 0.2) is 5.75 Å². The Labute approximate surface area is 388 Å². The topological polar surface area (TPSA) is 172 Å². The zero-order valence-corrected chi connectivity index (χ0v) is 39.6. The highest BCUT2D eigenvalue weighted by Crippen LogP contribution is 2.49. The molecule has 350 valence electrons. The summed E-state index contributed by atoms with van der Waals surface area (Å²) in [6.07, 6.45) is 11.7. The van der Waals surface area contributed by atoms with Gasteiger partial charge in [0, 0.05) is 68.2 Å². The van der Waals surface area contributed by atoms with Gasteiger partial charge in [-0.2, -0.15) is 4.98 Å². The minimum atomic E-state index is -4.57. The summed E-state index contributed by atoms with van der Waals surface area (Å²) in [6, 6.07) is 22.0. The fourth-order valence-corrected chi connectivity index (χ4v) is 12.1. The third kappa shape index (κ3) is 9.33. The molecule has 9 rings (SSSR count). The Balaban J connectivity index is 0.918. The number of nitrogens with one attached hydrogen (secondary N) is 3. The van der Waals surface area contributed by atoms with Crippen LogP contribution in [-0.2, 0) is 10.0 Å². The predicted molar refractivity (Wildman–Crippen MR) is 258 cm³/mol. The van der Waals surface area contributed by atoms with Gasteiger partial charge < -0.3 is 24.7 Å². The number of nitrogens with zero attached hydrogens (tertiary/aromatic N) is 4. The van der Waals surface area contributed by atoms with Crippen molar-refractivity contribution < 1.29 is 27.6 Å². The molecule has 0 bridgehead atoms. The number of hydrogen-bond donors (Lipinski definition) is 3. The van der Waals surface area contributed by atoms with E-state index in [1.807, 2.05) is 12.1 Å². The predicted octanol–water partition coefficient (Wildman–Crippen LogP) is 10.4. The highest BCUT2D eigenvalue weighted by atomic mass is 32.2. The molecule has 2 saturated heterocycles. The molecule has 4 fully saturated rings. The number of piperidine rings is 1. The molecule has 4 heterocycles. The molecule has 2 aliphatic carbocycles. The molecule has 2 atom stereocenters. The van der Waals surface area contributed by atoms with Gasteiger partial charge in [0.2, 0.25) is 0 Å². The normalized spacial score (nSPS) is 20.9. The van der Waals surface area contributed by atoms with Crippen molar-refractivity contribution >= 4 is 44.0 Å². The molecule has 1 spiro atoms. The highest BCUT2D eigenvalue weighted by molar-refractivity contribution is 7.90. The number of H-pyrrole nitrogens is 1. The molecule has 3 aromatic carbocycles. The Bertz CT molecular complexity index is 2710. The van der Waals surface area contributed by atoms with Gasteiger partial charge in [-0.05, 0) is 127 Å². The van der Waals surface area contributed by atoms with Gasteiger partial charge in [0.25, 0.3) is 27.5 Å². The van der Waals surface area contributed by atoms with Crippen LogP contribution in [0.4, 0.5) is 17.1 Å². The van der Waals surface area contributed by atoms with E-state index in [-0.39, 0.29) is 45.1 Å². The monoisotopic (exact) mass is 917 g/mol. The summed E-state index contributed by atoms with van der Waals surface area (Å²) in [5.41, 5.74) is 4.77. The number of carbonyl (C=O) groups is 1. The molecule has 5 aromatic rings. The SMILES string of the molecule is COc1nc2[nH]ccc2cc1Oc1cc(N2CCC3(CC2)CN(C2CCC[C@H]2c2ccccc2C(C)C)C3)ccc1C(=O)NS(=O)(=O)c1ccc(NCC2CCC(C)(C)CC2)c([N+](=O)[O-])c1. The Hall–Kier alpha value is -5.67. The maximum atomic E-state index is 14.1. The lowest BCUT2D eigenvalue weighted by atomic mass is 9.70. The lowest BCUT2D eigenvalue weighted by molar-refractivity contribution is -0.384. The average molecular weight is 918 g/mol. The largest absolute Gasteiger partial charge is 0.478 e. The first-order chi connectivity index (χ1) is 31.6. The summed E-state index contributed by atoms with van der Waals surface area (Å²) in [7, 11) is -3.10. The lowest BCUT2D eigenvalue weighted by Gasteiger charge is -2.57. The Kier molecular flexibility index (Phi) is 12.5. The lowest BCUT2D eigenvalue weighted by Crippen LogP contribution is -2.63. The zero-order chi connectivity index (χ0) is 46.4. The number of rotatable bonds is 14. The number of hydrogen-bond acceptors (Lipinski definition) is 11. The number of fused-ring (bicyclic) bond motifs is 1. The van der Waals surface area contributed by atoms with Gasteiger partial charge in [-0.15, -0.1) is 0 Å². The van der Waals surface area contributed by atoms with Gasteiger partial charge in [0.1, 0.15) is 17.1 Å². The number of anilines is 2. The Morgan fingerprint density at radius 1 is 0.955 bits per heavy atom. The molecule has 15 heteroatoms. The molecular formula is C51H63N7O7S. The summed E-state index contributed by atoms with van der Waals surface area (Å²) < 4.78 is 41.9. The molecule has 66 heavy (non-hydrogen) atoms. The molecular weight excluding hydrogens is 855 g/mol. The minimum absolute atomic E-state index is 0.0461. The van der Waals surface area contributed by atoms with Crippen molar-refractivity contribution in [1.82, 2.24) is 19.6 Å². The standard InChI is InChI=1S/C51H63N7O7S/c1-33(2)38-9-6-7-10-39(38)40-11-8-12-43(40)57-31-51(32-57)22-25-56(26-23-51)36-13-15-41(45(28-36)65-46-27-35-19-24-52-47(35)54-49(46)64-5)48(59)55-66(62,63)37-14-16-42(44(29-37)58(60)61)53-30-34-17-20-50(3,4)21-18-34/h6-7,9-10,13-16,19,24,27-29,33-34,40,43,53H,8,11-12,17-18,20-23,25-26,30-32H2,1-5H3,(H,52,54)(H,55,59)/t40-,43?/m0/s1. The van der Waals surface area contributed by atoms with Crippen LogP contribution in [0.3, 0.4) is 0 Å². The van der Waals surface area contributed by atoms with Crippen molar-refractivity contribution in [3.8, 4) is 17.4 Å². The van der Waals surface area contributed by atoms with Gasteiger partial charge in [0.05, 0.1) is 22.5 Å². The summed E-state index contributed by atoms with van der Waals surface area (Å²) >= 11 is 0. The second kappa shape index (κ2) is 18.2. The van der Waals surface area contributed by atoms with Crippen molar-refractivity contribution in [2.75, 3.05) is 50.1 Å². The molecule has 2 saturated carbocycles. The van der Waals surface area contributed by atoms with Crippen molar-refractivity contribution in [3.05, 3.63) is 106 Å². The van der Waals surface area contributed by atoms with E-state index in [4.69, 9.17) is 9.47 Å². The van der Waals surface area contributed by atoms with Crippen LogP contribution in [0.25, 0.3) is 11.0 Å². The third-order valence-corrected chi connectivity index (χ3v) is 16.4. The van der Waals surface area contributed by atoms with Crippen molar-refractivity contribution in [2.24, 2.45) is 16.7 Å². The number of aromatic amines is 1. The van der Waals surface area contributed by atoms with Gasteiger partial charge in [-0.3, -0.25) is 19.8 Å². The van der Waals surface area contributed by atoms with Crippen molar-refractivity contribution in [2.45, 2.75) is 108 Å². The molecule has 14 nitrogen and oxygen atoms in total. The summed E-state index contributed by atoms with van der Waals surface area (Å²) in [5, 5.41) is 16.2. The molecule has 3 N–H and O–H groups in total. The maximum absolute atomic E-state index is 14.1. The van der Waals surface area contributed by atoms with Gasteiger partial charge in [-0.1, -0.05) is 58.4 Å². The summed E-state index contributed by atoms with van der Waals surface area (Å²) in [5.74, 6) is 0.997. The number of pyridine rings is 1. The number of benzene rings is 3. The Morgan fingerprint density at radius 2 is 1.71 bits per heavy atom. The number of sulfonamides is 1. The van der Waals surface area contributed by atoms with E-state index in [0.29, 0.717) is 36.0 Å². The van der Waals surface area contributed by atoms with Crippen molar-refractivity contribution in [1.29, 1.82) is 0 Å². The van der Waals surface area contributed by atoms with Crippen LogP contribution in [-0.4, -0.2) is 80.0 Å². The summed E-state index contributed by atoms with van der Waals surface area (Å²) in [6.45, 7) is 13.5. The van der Waals surface area contributed by atoms with E-state index in [1.165, 1.54) is 49.6 Å². The van der Waals surface area contributed by atoms with Gasteiger partial charge >= 0.3 is 0 Å². The second-order valence-electron chi connectivity index (χ2n) is 20.3. The number of ether oxygens (including phenoxy) is 2. The van der Waals surface area contributed by atoms with Crippen LogP contribution >= 0.6 is 0 Å².